The van der Waals surface area contributed by atoms with Gasteiger partial charge in [-0.05, 0) is 176 Å². The molecule has 140 heavy (non-hydrogen) atoms. The van der Waals surface area contributed by atoms with Crippen LogP contribution in [0.25, 0.3) is 22.5 Å². The molecule has 0 radical (unpaired) electrons. The lowest BCUT2D eigenvalue weighted by Gasteiger charge is -2.34. The molecule has 0 saturated carbocycles. The Kier molecular flexibility index (Phi) is 49.6. The molecule has 0 aliphatic heterocycles. The lowest BCUT2D eigenvalue weighted by Crippen LogP contribution is -2.48. The zero-order chi connectivity index (χ0) is 106. The Balaban J connectivity index is 0.000000356. The number of aliphatic hydroxyl groups is 1. The van der Waals surface area contributed by atoms with E-state index in [2.05, 4.69) is 208 Å². The van der Waals surface area contributed by atoms with E-state index in [0.29, 0.717) is 116 Å². The van der Waals surface area contributed by atoms with Crippen molar-refractivity contribution in [2.75, 3.05) is 31.9 Å². The van der Waals surface area contributed by atoms with E-state index in [9.17, 15) is 48.3 Å². The monoisotopic (exact) mass is 2020 g/mol. The second kappa shape index (κ2) is 57.0. The molecule has 9 rings (SSSR count). The summed E-state index contributed by atoms with van der Waals surface area (Å²) >= 11 is 21.0. The normalized spacial score (nSPS) is 13.2. The number of amides is 6. The highest BCUT2D eigenvalue weighted by atomic mass is 35.5. The van der Waals surface area contributed by atoms with E-state index in [1.807, 2.05) is 144 Å². The third-order valence-corrected chi connectivity index (χ3v) is 24.1. The molecule has 30 heteroatoms. The Bertz CT molecular complexity index is 5400. The minimum Gasteiger partial charge on any atom is -0.393 e. The smallest absolute Gasteiger partial charge is 0.275 e. The second-order valence-electron chi connectivity index (χ2n) is 44.5. The third-order valence-electron chi connectivity index (χ3n) is 21.7. The van der Waals surface area contributed by atoms with Crippen molar-refractivity contribution < 1.29 is 57.6 Å². The number of aliphatic hydroxyl groups excluding tert-OH is 1. The minimum atomic E-state index is -0.944. The quantitative estimate of drug-likeness (QED) is 0.0104. The second-order valence-corrected chi connectivity index (χ2v) is 47.6. The Morgan fingerprint density at radius 1 is 0.550 bits per heavy atom. The number of hydrogen-bond donors (Lipinski definition) is 8. The topological polar surface area (TPSA) is 371 Å². The van der Waals surface area contributed by atoms with Crippen LogP contribution in [0, 0.1) is 74.9 Å². The first-order chi connectivity index (χ1) is 64.9. The molecule has 9 N–H and O–H groups in total. The number of nitrogens with zero attached hydrogens (tertiary/aromatic N) is 6. The van der Waals surface area contributed by atoms with Crippen LogP contribution in [0.4, 0.5) is 5.13 Å². The largest absolute Gasteiger partial charge is 0.393 e. The van der Waals surface area contributed by atoms with Crippen LogP contribution in [-0.2, 0) is 41.7 Å². The van der Waals surface area contributed by atoms with Gasteiger partial charge < -0.3 is 52.1 Å². The first-order valence-corrected chi connectivity index (χ1v) is 50.8. The number of Topliss-reactive ketones (excluding diaryl/α,β-unsaturated/α-hetero) is 3. The van der Waals surface area contributed by atoms with Gasteiger partial charge in [-0.3, -0.25) is 48.1 Å². The molecule has 766 valence electrons. The maximum Gasteiger partial charge on any atom is 0.275 e. The number of oxime groups is 1. The van der Waals surface area contributed by atoms with Gasteiger partial charge in [0.15, 0.2) is 28.2 Å². The summed E-state index contributed by atoms with van der Waals surface area (Å²) in [6.45, 7) is 61.5. The summed E-state index contributed by atoms with van der Waals surface area (Å²) in [6.07, 6.45) is 8.04. The van der Waals surface area contributed by atoms with Crippen molar-refractivity contribution in [3.05, 3.63) is 222 Å². The number of halogens is 3. The molecule has 4 aromatic carbocycles. The number of aryl methyl sites for hydroxylation is 1. The van der Waals surface area contributed by atoms with Gasteiger partial charge in [0.2, 0.25) is 11.8 Å². The summed E-state index contributed by atoms with van der Waals surface area (Å²) < 4.78 is 5.19. The van der Waals surface area contributed by atoms with E-state index < -0.39 is 23.7 Å². The number of anilines is 1. The van der Waals surface area contributed by atoms with E-state index in [4.69, 9.17) is 49.9 Å². The predicted octanol–water partition coefficient (Wildman–Crippen LogP) is 23.7. The van der Waals surface area contributed by atoms with Gasteiger partial charge in [-0.15, -0.1) is 22.7 Å². The number of nitrogens with one attached hydrogen (secondary N) is 6. The number of aromatic nitrogens is 5. The molecule has 0 aliphatic rings. The molecule has 0 saturated heterocycles. The van der Waals surface area contributed by atoms with Gasteiger partial charge in [0.25, 0.3) is 23.6 Å². The standard InChI is InChI=1S/C26H36N2O3.C24H33N3O2.C19H27Cl2NO2.C16H19ClN2O2.C14H24N4O2S.C11H17NOS/c1-17(2)15-24(26(4,5)6)28-25(31)20(18(3)29)16-23(30)22-14-10-13-21(27-22)19-11-8-7-9-12-19;1-17(2)13-19(24(3,4)5)15-22(28)20(14-18-9-7-6-8-10-18)27-23(29)21-16-25-11-12-26-21;1-12(2)8-13(19(3,4)5)9-15(23)11-22-18(24)16-10-14(20)6-7-17(16)21;1-10-13(15(20)18-9-16(2,3)4)14(19-21-10)11-7-5-6-8-12(11)17;1-13(2,3)8-16-11(19)10(18-20-14(4,5)6)9-7-21-12(15)17-9;1-11(2,3)8-12-10(13)7-9-5-4-6-14-9/h7-14,17-18,20,24,29H,15-16H2,1-6H3,(H,28,31);6-12,16-17,19-20H,13-15H2,1-5H3,(H,27,29);6-7,10,12-13H,8-9,11H2,1-5H3,(H,22,24);5-8H,9H2,1-4H3,(H,18,20);7H,8H2,1-6H3,(H2,15,17)(H,16,19);4-6H,7-8H2,1-3H3,(H,12,13)/b;;;;18-10+;/t18-,20+,24+;19-,20+;13-;;;/m111.../s1. The van der Waals surface area contributed by atoms with Crippen LogP contribution >= 0.6 is 57.5 Å². The third kappa shape index (κ3) is 47.4. The molecule has 25 nitrogen and oxygen atoms in total. The van der Waals surface area contributed by atoms with Crippen molar-refractivity contribution in [1.29, 1.82) is 0 Å². The predicted molar refractivity (Wildman–Crippen MR) is 571 cm³/mol. The van der Waals surface area contributed by atoms with Crippen molar-refractivity contribution in [2.24, 2.45) is 73.2 Å². The van der Waals surface area contributed by atoms with Crippen molar-refractivity contribution in [1.82, 2.24) is 57.0 Å². The van der Waals surface area contributed by atoms with Crippen LogP contribution in [0.5, 0.6) is 0 Å². The fraction of sp³-hybridized carbons (Fsp3) is 0.518. The molecule has 0 aliphatic carbocycles. The van der Waals surface area contributed by atoms with E-state index in [0.717, 1.165) is 41.8 Å². The fourth-order valence-electron chi connectivity index (χ4n) is 13.7. The molecule has 6 amide bonds. The average molecular weight is 2020 g/mol. The number of ketones is 3. The van der Waals surface area contributed by atoms with E-state index in [1.54, 1.807) is 60.9 Å². The molecule has 6 atom stereocenters. The molecule has 0 spiro atoms. The molecular formula is C110H156Cl3N13O12S2. The number of hydrogen-bond acceptors (Lipinski definition) is 21. The molecule has 0 bridgehead atoms. The van der Waals surface area contributed by atoms with Crippen LogP contribution in [-0.4, -0.2) is 139 Å². The maximum atomic E-state index is 13.3. The summed E-state index contributed by atoms with van der Waals surface area (Å²) in [7, 11) is 0. The number of thiazole rings is 1. The van der Waals surface area contributed by atoms with Crippen molar-refractivity contribution in [3.63, 3.8) is 0 Å². The van der Waals surface area contributed by atoms with Gasteiger partial charge in [0.05, 0.1) is 58.5 Å². The molecule has 0 unspecified atom stereocenters. The van der Waals surface area contributed by atoms with Gasteiger partial charge in [-0.2, -0.15) is 0 Å². The first kappa shape index (κ1) is 122. The number of rotatable bonds is 35. The minimum absolute atomic E-state index is 0.00524. The van der Waals surface area contributed by atoms with Crippen LogP contribution in [0.15, 0.2) is 172 Å². The van der Waals surface area contributed by atoms with Crippen LogP contribution in [0.2, 0.25) is 15.1 Å². The summed E-state index contributed by atoms with van der Waals surface area (Å²) in [5, 5.41) is 40.9. The number of benzene rings is 4. The molecule has 0 fully saturated rings. The number of nitrogen functional groups attached to an aromatic ring is 1. The van der Waals surface area contributed by atoms with Crippen LogP contribution in [0.3, 0.4) is 0 Å². The SMILES string of the molecule is CC(C)(C)CNC(=O)/C(=N/OC(C)(C)C)c1csc(N)n1.CC(C)(C)CNC(=O)Cc1cccs1.CC(C)C[C@H](CC(=O)CNC(=O)c1cc(Cl)ccc1Cl)C(C)(C)C.CC(C)C[C@H](CC(=O)[C@H](Cc1ccccc1)NC(=O)c1cnccn1)C(C)(C)C.CC(C)C[C@H](NC(=O)[C@@H](CC(=O)c1cccc(-c2ccccc2)n1)[C@@H](C)O)C(C)(C)C.Cc1onc(-c2ccccc2Cl)c1C(=O)NCC(C)(C)C. The number of carbonyl (C=O) groups excluding carboxylic acids is 9. The van der Waals surface area contributed by atoms with Gasteiger partial charge in [-0.1, -0.05) is 302 Å². The highest BCUT2D eigenvalue weighted by molar-refractivity contribution is 7.13. The maximum absolute atomic E-state index is 13.3. The number of carbonyl (C=O) groups is 9. The van der Waals surface area contributed by atoms with Crippen LogP contribution in [0.1, 0.15) is 296 Å². The van der Waals surface area contributed by atoms with Crippen molar-refractivity contribution in [3.8, 4) is 22.5 Å². The van der Waals surface area contributed by atoms with E-state index in [1.165, 1.54) is 36.0 Å². The Hall–Kier alpha value is -10.4. The van der Waals surface area contributed by atoms with Crippen molar-refractivity contribution >= 4 is 121 Å². The highest BCUT2D eigenvalue weighted by Crippen LogP contribution is 2.38. The fourth-order valence-corrected chi connectivity index (χ4v) is 15.5. The zero-order valence-electron chi connectivity index (χ0n) is 87.9. The van der Waals surface area contributed by atoms with Gasteiger partial charge in [-0.25, -0.2) is 15.0 Å². The summed E-state index contributed by atoms with van der Waals surface area (Å²) in [5.41, 5.74) is 10.8. The Morgan fingerprint density at radius 3 is 1.64 bits per heavy atom. The zero-order valence-corrected chi connectivity index (χ0v) is 91.8. The molecule has 5 heterocycles. The molecule has 5 aromatic heterocycles. The highest BCUT2D eigenvalue weighted by Gasteiger charge is 2.36. The number of pyridine rings is 1. The Labute approximate surface area is 855 Å². The number of nitrogens with two attached hydrogens (primary N) is 1. The first-order valence-electron chi connectivity index (χ1n) is 47.9. The van der Waals surface area contributed by atoms with Crippen molar-refractivity contribution in [2.45, 2.75) is 276 Å². The Morgan fingerprint density at radius 2 is 1.12 bits per heavy atom. The van der Waals surface area contributed by atoms with E-state index in [-0.39, 0.29) is 133 Å². The van der Waals surface area contributed by atoms with Gasteiger partial charge >= 0.3 is 0 Å². The summed E-state index contributed by atoms with van der Waals surface area (Å²) in [5.74, 6) is 0.0426. The van der Waals surface area contributed by atoms with Gasteiger partial charge in [0.1, 0.15) is 39.7 Å². The van der Waals surface area contributed by atoms with E-state index >= 15 is 0 Å². The van der Waals surface area contributed by atoms with Crippen LogP contribution < -0.4 is 37.6 Å². The lowest BCUT2D eigenvalue weighted by atomic mass is 9.73. The molecule has 9 aromatic rings. The number of thiophene rings is 1. The summed E-state index contributed by atoms with van der Waals surface area (Å²) in [4.78, 5) is 136. The molecular weight excluding hydrogens is 1870 g/mol. The van der Waals surface area contributed by atoms with Gasteiger partial charge in [0, 0.05) is 83.7 Å². The lowest BCUT2D eigenvalue weighted by molar-refractivity contribution is -0.130. The average Bonchev–Trinajstić information content (AvgIpc) is 1.65. The summed E-state index contributed by atoms with van der Waals surface area (Å²) in [6, 6.07) is 40.0.